The molecule has 2 unspecified atom stereocenters. The van der Waals surface area contributed by atoms with Crippen molar-refractivity contribution in [2.45, 2.75) is 32.1 Å². The molecule has 0 bridgehead atoms. The van der Waals surface area contributed by atoms with Gasteiger partial charge in [0.1, 0.15) is 6.61 Å². The van der Waals surface area contributed by atoms with Gasteiger partial charge in [-0.15, -0.1) is 0 Å². The zero-order valence-electron chi connectivity index (χ0n) is 7.42. The van der Waals surface area contributed by atoms with E-state index in [0.717, 1.165) is 13.0 Å². The van der Waals surface area contributed by atoms with Crippen LogP contribution in [0.2, 0.25) is 0 Å². The molecule has 0 aromatic carbocycles. The average Bonchev–Trinajstić information content (AvgIpc) is 2.30. The summed E-state index contributed by atoms with van der Waals surface area (Å²) in [7, 11) is 0. The SMILES string of the molecule is O=C1COCC2CCCCCC12. The third-order valence-electron chi connectivity index (χ3n) is 3.15. The standard InChI is InChI=1S/C10H16O2/c11-10-7-12-6-8-4-2-1-3-5-9(8)10/h8-9H,1-7H2. The quantitative estimate of drug-likeness (QED) is 0.551. The predicted molar refractivity (Wildman–Crippen MR) is 45.9 cm³/mol. The van der Waals surface area contributed by atoms with Gasteiger partial charge >= 0.3 is 0 Å². The molecule has 2 fully saturated rings. The molecule has 1 heterocycles. The third kappa shape index (κ3) is 1.53. The van der Waals surface area contributed by atoms with Crippen molar-refractivity contribution in [1.82, 2.24) is 0 Å². The molecule has 0 aromatic heterocycles. The normalized spacial score (nSPS) is 37.2. The molecule has 12 heavy (non-hydrogen) atoms. The van der Waals surface area contributed by atoms with Gasteiger partial charge in [0, 0.05) is 5.92 Å². The number of carbonyl (C=O) groups excluding carboxylic acids is 1. The minimum atomic E-state index is 0.348. The first-order valence-electron chi connectivity index (χ1n) is 4.98. The van der Waals surface area contributed by atoms with Crippen molar-refractivity contribution in [2.75, 3.05) is 13.2 Å². The van der Waals surface area contributed by atoms with E-state index in [2.05, 4.69) is 0 Å². The van der Waals surface area contributed by atoms with Crippen molar-refractivity contribution < 1.29 is 9.53 Å². The monoisotopic (exact) mass is 168 g/mol. The Labute approximate surface area is 73.3 Å². The Kier molecular flexibility index (Phi) is 2.45. The van der Waals surface area contributed by atoms with Crippen LogP contribution in [-0.2, 0) is 9.53 Å². The molecule has 2 atom stereocenters. The van der Waals surface area contributed by atoms with Gasteiger partial charge < -0.3 is 4.74 Å². The van der Waals surface area contributed by atoms with Crippen molar-refractivity contribution in [1.29, 1.82) is 0 Å². The average molecular weight is 168 g/mol. The Bertz CT molecular complexity index is 177. The van der Waals surface area contributed by atoms with Crippen LogP contribution in [0, 0.1) is 11.8 Å². The predicted octanol–water partition coefficient (Wildman–Crippen LogP) is 1.78. The number of rotatable bonds is 0. The van der Waals surface area contributed by atoms with E-state index in [1.807, 2.05) is 0 Å². The molecule has 1 aliphatic heterocycles. The van der Waals surface area contributed by atoms with Gasteiger partial charge in [-0.2, -0.15) is 0 Å². The summed E-state index contributed by atoms with van der Waals surface area (Å²) in [6, 6.07) is 0. The second-order valence-corrected chi connectivity index (χ2v) is 3.99. The molecule has 1 saturated heterocycles. The van der Waals surface area contributed by atoms with Crippen LogP contribution in [0.15, 0.2) is 0 Å². The van der Waals surface area contributed by atoms with Crippen molar-refractivity contribution in [2.24, 2.45) is 11.8 Å². The van der Waals surface area contributed by atoms with Gasteiger partial charge in [0.25, 0.3) is 0 Å². The molecule has 2 nitrogen and oxygen atoms in total. The van der Waals surface area contributed by atoms with E-state index in [-0.39, 0.29) is 0 Å². The molecule has 0 amide bonds. The molecular formula is C10H16O2. The molecule has 1 aliphatic carbocycles. The van der Waals surface area contributed by atoms with Crippen LogP contribution in [0.1, 0.15) is 32.1 Å². The van der Waals surface area contributed by atoms with Crippen LogP contribution in [-0.4, -0.2) is 19.0 Å². The Morgan fingerprint density at radius 2 is 2.00 bits per heavy atom. The van der Waals surface area contributed by atoms with Crippen molar-refractivity contribution in [3.63, 3.8) is 0 Å². The highest BCUT2D eigenvalue weighted by Crippen LogP contribution is 2.31. The van der Waals surface area contributed by atoms with Gasteiger partial charge in [0.05, 0.1) is 6.61 Å². The lowest BCUT2D eigenvalue weighted by atomic mass is 9.84. The molecule has 0 spiro atoms. The lowest BCUT2D eigenvalue weighted by Crippen LogP contribution is -2.35. The number of carbonyl (C=O) groups is 1. The van der Waals surface area contributed by atoms with Crippen molar-refractivity contribution in [3.8, 4) is 0 Å². The number of hydrogen-bond acceptors (Lipinski definition) is 2. The fourth-order valence-corrected chi connectivity index (χ4v) is 2.43. The summed E-state index contributed by atoms with van der Waals surface area (Å²) in [6.07, 6.45) is 6.16. The Balaban J connectivity index is 2.05. The Morgan fingerprint density at radius 3 is 2.92 bits per heavy atom. The zero-order valence-corrected chi connectivity index (χ0v) is 7.42. The molecule has 1 saturated carbocycles. The number of ether oxygens (including phenoxy) is 1. The summed E-state index contributed by atoms with van der Waals surface area (Å²) >= 11 is 0. The molecular weight excluding hydrogens is 152 g/mol. The van der Waals surface area contributed by atoms with Gasteiger partial charge in [0.2, 0.25) is 0 Å². The molecule has 0 N–H and O–H groups in total. The Morgan fingerprint density at radius 1 is 1.17 bits per heavy atom. The van der Waals surface area contributed by atoms with Crippen LogP contribution < -0.4 is 0 Å². The highest BCUT2D eigenvalue weighted by Gasteiger charge is 2.32. The summed E-state index contributed by atoms with van der Waals surface area (Å²) < 4.78 is 5.26. The van der Waals surface area contributed by atoms with E-state index in [1.165, 1.54) is 25.7 Å². The first kappa shape index (κ1) is 8.24. The minimum absolute atomic E-state index is 0.348. The molecule has 2 rings (SSSR count). The summed E-state index contributed by atoms with van der Waals surface area (Å²) in [4.78, 5) is 11.5. The number of hydrogen-bond donors (Lipinski definition) is 0. The number of ketones is 1. The second kappa shape index (κ2) is 3.56. The van der Waals surface area contributed by atoms with Crippen LogP contribution in [0.3, 0.4) is 0 Å². The fraction of sp³-hybridized carbons (Fsp3) is 0.900. The van der Waals surface area contributed by atoms with Gasteiger partial charge in [-0.3, -0.25) is 4.79 Å². The summed E-state index contributed by atoms with van der Waals surface area (Å²) in [5.41, 5.74) is 0. The maximum absolute atomic E-state index is 11.5. The van der Waals surface area contributed by atoms with Crippen molar-refractivity contribution in [3.05, 3.63) is 0 Å². The molecule has 0 aromatic rings. The van der Waals surface area contributed by atoms with Crippen LogP contribution in [0.4, 0.5) is 0 Å². The lowest BCUT2D eigenvalue weighted by Gasteiger charge is -2.28. The molecule has 68 valence electrons. The zero-order chi connectivity index (χ0) is 8.39. The van der Waals surface area contributed by atoms with E-state index in [9.17, 15) is 4.79 Å². The highest BCUT2D eigenvalue weighted by atomic mass is 16.5. The summed E-state index contributed by atoms with van der Waals surface area (Å²) in [5.74, 6) is 1.25. The topological polar surface area (TPSA) is 26.3 Å². The molecule has 2 heteroatoms. The summed E-state index contributed by atoms with van der Waals surface area (Å²) in [5, 5.41) is 0. The van der Waals surface area contributed by atoms with Gasteiger partial charge in [0.15, 0.2) is 5.78 Å². The van der Waals surface area contributed by atoms with Gasteiger partial charge in [-0.25, -0.2) is 0 Å². The summed E-state index contributed by atoms with van der Waals surface area (Å²) in [6.45, 7) is 1.21. The van der Waals surface area contributed by atoms with Crippen LogP contribution >= 0.6 is 0 Å². The van der Waals surface area contributed by atoms with Crippen LogP contribution in [0.25, 0.3) is 0 Å². The largest absolute Gasteiger partial charge is 0.373 e. The van der Waals surface area contributed by atoms with E-state index >= 15 is 0 Å². The van der Waals surface area contributed by atoms with E-state index in [0.29, 0.717) is 24.2 Å². The first-order chi connectivity index (χ1) is 5.88. The maximum Gasteiger partial charge on any atom is 0.161 e. The van der Waals surface area contributed by atoms with Crippen molar-refractivity contribution >= 4 is 5.78 Å². The third-order valence-corrected chi connectivity index (χ3v) is 3.15. The number of fused-ring (bicyclic) bond motifs is 1. The maximum atomic E-state index is 11.5. The first-order valence-corrected chi connectivity index (χ1v) is 4.98. The van der Waals surface area contributed by atoms with Crippen LogP contribution in [0.5, 0.6) is 0 Å². The van der Waals surface area contributed by atoms with E-state index in [4.69, 9.17) is 4.74 Å². The molecule has 2 aliphatic rings. The number of Topliss-reactive ketones (excluding diaryl/α,β-unsaturated/α-hetero) is 1. The van der Waals surface area contributed by atoms with Gasteiger partial charge in [-0.05, 0) is 18.8 Å². The van der Waals surface area contributed by atoms with E-state index < -0.39 is 0 Å². The molecule has 0 radical (unpaired) electrons. The van der Waals surface area contributed by atoms with E-state index in [1.54, 1.807) is 0 Å². The van der Waals surface area contributed by atoms with Gasteiger partial charge in [-0.1, -0.05) is 19.3 Å². The second-order valence-electron chi connectivity index (χ2n) is 3.99. The smallest absolute Gasteiger partial charge is 0.161 e. The minimum Gasteiger partial charge on any atom is -0.373 e. The Hall–Kier alpha value is -0.370. The highest BCUT2D eigenvalue weighted by molar-refractivity contribution is 5.83. The lowest BCUT2D eigenvalue weighted by molar-refractivity contribution is -0.137. The fourth-order valence-electron chi connectivity index (χ4n) is 2.43.